The number of aromatic nitrogens is 3. The highest BCUT2D eigenvalue weighted by Crippen LogP contribution is 2.29. The van der Waals surface area contributed by atoms with Crippen molar-refractivity contribution in [3.05, 3.63) is 49.7 Å². The van der Waals surface area contributed by atoms with E-state index in [4.69, 9.17) is 0 Å². The van der Waals surface area contributed by atoms with Crippen LogP contribution in [0.4, 0.5) is 16.6 Å². The van der Waals surface area contributed by atoms with Crippen LogP contribution < -0.4 is 5.32 Å². The van der Waals surface area contributed by atoms with Gasteiger partial charge in [-0.25, -0.2) is 4.98 Å². The smallest absolute Gasteiger partial charge is 0.358 e. The first-order chi connectivity index (χ1) is 12.3. The van der Waals surface area contributed by atoms with Crippen molar-refractivity contribution in [3.63, 3.8) is 0 Å². The Hall–Kier alpha value is -3.41. The van der Waals surface area contributed by atoms with Crippen molar-refractivity contribution in [2.45, 2.75) is 20.4 Å². The molecule has 0 aliphatic rings. The van der Waals surface area contributed by atoms with Gasteiger partial charge in [-0.1, -0.05) is 17.4 Å². The minimum Gasteiger partial charge on any atom is -0.358 e. The SMILES string of the molecule is Cc1ccc2nc(NC(=O)Cn3nc([N+](=O)[O-])c([N+](=O)[O-])c3C)sc2c1. The van der Waals surface area contributed by atoms with Gasteiger partial charge < -0.3 is 15.4 Å². The molecule has 1 amide bonds. The molecule has 12 heteroatoms. The zero-order chi connectivity index (χ0) is 19.0. The average molecular weight is 376 g/mol. The van der Waals surface area contributed by atoms with Crippen molar-refractivity contribution >= 4 is 44.1 Å². The summed E-state index contributed by atoms with van der Waals surface area (Å²) in [6.07, 6.45) is 0. The summed E-state index contributed by atoms with van der Waals surface area (Å²) in [5.41, 5.74) is 0.998. The van der Waals surface area contributed by atoms with Crippen LogP contribution in [0.15, 0.2) is 18.2 Å². The van der Waals surface area contributed by atoms with Gasteiger partial charge in [0, 0.05) is 0 Å². The van der Waals surface area contributed by atoms with Crippen LogP contribution >= 0.6 is 11.3 Å². The Bertz CT molecular complexity index is 1060. The monoisotopic (exact) mass is 376 g/mol. The molecule has 0 atom stereocenters. The average Bonchev–Trinajstić information content (AvgIpc) is 3.07. The highest BCUT2D eigenvalue weighted by Gasteiger charge is 2.35. The van der Waals surface area contributed by atoms with Crippen LogP contribution in [0.5, 0.6) is 0 Å². The van der Waals surface area contributed by atoms with E-state index in [1.54, 1.807) is 0 Å². The molecule has 26 heavy (non-hydrogen) atoms. The van der Waals surface area contributed by atoms with E-state index >= 15 is 0 Å². The molecule has 1 aromatic carbocycles. The molecular formula is C14H12N6O5S. The van der Waals surface area contributed by atoms with E-state index in [2.05, 4.69) is 15.4 Å². The van der Waals surface area contributed by atoms with Crippen LogP contribution in [0, 0.1) is 34.1 Å². The third kappa shape index (κ3) is 3.21. The van der Waals surface area contributed by atoms with Gasteiger partial charge in [-0.05, 0) is 36.5 Å². The first-order valence-corrected chi connectivity index (χ1v) is 8.11. The lowest BCUT2D eigenvalue weighted by Gasteiger charge is -2.00. The molecule has 0 unspecified atom stereocenters. The molecule has 1 N–H and O–H groups in total. The number of hydrogen-bond acceptors (Lipinski definition) is 8. The number of hydrogen-bond donors (Lipinski definition) is 1. The molecule has 3 aromatic rings. The highest BCUT2D eigenvalue weighted by atomic mass is 32.1. The molecule has 0 radical (unpaired) electrons. The molecule has 0 aliphatic carbocycles. The number of nitro groups is 2. The third-order valence-corrected chi connectivity index (χ3v) is 4.53. The van der Waals surface area contributed by atoms with Crippen molar-refractivity contribution in [3.8, 4) is 0 Å². The first kappa shape index (κ1) is 17.4. The number of anilines is 1. The second-order valence-electron chi connectivity index (χ2n) is 5.47. The van der Waals surface area contributed by atoms with E-state index in [1.165, 1.54) is 18.3 Å². The maximum atomic E-state index is 12.2. The number of thiazole rings is 1. The Morgan fingerprint density at radius 3 is 2.62 bits per heavy atom. The normalized spacial score (nSPS) is 10.8. The number of nitrogens with zero attached hydrogens (tertiary/aromatic N) is 5. The highest BCUT2D eigenvalue weighted by molar-refractivity contribution is 7.22. The number of fused-ring (bicyclic) bond motifs is 1. The van der Waals surface area contributed by atoms with Crippen LogP contribution in [0.3, 0.4) is 0 Å². The largest absolute Gasteiger partial charge is 0.468 e. The maximum absolute atomic E-state index is 12.2. The van der Waals surface area contributed by atoms with Crippen molar-refractivity contribution < 1.29 is 14.6 Å². The van der Waals surface area contributed by atoms with E-state index in [0.717, 1.165) is 20.5 Å². The quantitative estimate of drug-likeness (QED) is 0.531. The fourth-order valence-corrected chi connectivity index (χ4v) is 3.37. The fraction of sp³-hybridized carbons (Fsp3) is 0.214. The van der Waals surface area contributed by atoms with E-state index in [-0.39, 0.29) is 5.69 Å². The standard InChI is InChI=1S/C14H12N6O5S/c1-7-3-4-9-10(5-7)26-14(15-9)16-11(21)6-18-8(2)12(19(22)23)13(17-18)20(24)25/h3-5H,6H2,1-2H3,(H,15,16,21). The van der Waals surface area contributed by atoms with E-state index in [1.807, 2.05) is 25.1 Å². The molecule has 3 rings (SSSR count). The zero-order valence-electron chi connectivity index (χ0n) is 13.6. The molecule has 134 valence electrons. The molecule has 0 aliphatic heterocycles. The number of amides is 1. The fourth-order valence-electron chi connectivity index (χ4n) is 2.39. The van der Waals surface area contributed by atoms with E-state index in [0.29, 0.717) is 5.13 Å². The number of aryl methyl sites for hydroxylation is 1. The number of carbonyl (C=O) groups is 1. The Balaban J connectivity index is 1.82. The van der Waals surface area contributed by atoms with Crippen LogP contribution in [0.25, 0.3) is 10.2 Å². The van der Waals surface area contributed by atoms with Gasteiger partial charge in [0.05, 0.1) is 20.2 Å². The number of benzene rings is 1. The molecule has 2 heterocycles. The lowest BCUT2D eigenvalue weighted by molar-refractivity contribution is -0.424. The van der Waals surface area contributed by atoms with Crippen LogP contribution in [0.1, 0.15) is 11.3 Å². The van der Waals surface area contributed by atoms with Crippen molar-refractivity contribution in [2.75, 3.05) is 5.32 Å². The second-order valence-corrected chi connectivity index (χ2v) is 6.50. The maximum Gasteiger partial charge on any atom is 0.468 e. The summed E-state index contributed by atoms with van der Waals surface area (Å²) in [5, 5.41) is 28.4. The second kappa shape index (κ2) is 6.48. The summed E-state index contributed by atoms with van der Waals surface area (Å²) in [6.45, 7) is 2.83. The number of nitrogens with one attached hydrogen (secondary N) is 1. The van der Waals surface area contributed by atoms with E-state index < -0.39 is 33.8 Å². The first-order valence-electron chi connectivity index (χ1n) is 7.29. The number of carbonyl (C=O) groups excluding carboxylic acids is 1. The molecule has 0 saturated carbocycles. The van der Waals surface area contributed by atoms with Crippen molar-refractivity contribution in [1.29, 1.82) is 0 Å². The predicted molar refractivity (Wildman–Crippen MR) is 93.3 cm³/mol. The predicted octanol–water partition coefficient (Wildman–Crippen LogP) is 2.56. The topological polar surface area (TPSA) is 146 Å². The minimum absolute atomic E-state index is 0.0724. The lowest BCUT2D eigenvalue weighted by Crippen LogP contribution is -2.20. The zero-order valence-corrected chi connectivity index (χ0v) is 14.4. The van der Waals surface area contributed by atoms with Gasteiger partial charge in [0.2, 0.25) is 5.91 Å². The molecular weight excluding hydrogens is 364 g/mol. The van der Waals surface area contributed by atoms with Gasteiger partial charge in [-0.15, -0.1) is 0 Å². The van der Waals surface area contributed by atoms with Gasteiger partial charge in [-0.3, -0.25) is 14.9 Å². The summed E-state index contributed by atoms with van der Waals surface area (Å²) < 4.78 is 1.84. The minimum atomic E-state index is -0.949. The number of rotatable bonds is 5. The van der Waals surface area contributed by atoms with Crippen molar-refractivity contribution in [1.82, 2.24) is 14.8 Å². The van der Waals surface area contributed by atoms with Gasteiger partial charge >= 0.3 is 11.5 Å². The lowest BCUT2D eigenvalue weighted by atomic mass is 10.2. The van der Waals surface area contributed by atoms with Crippen LogP contribution in [0.2, 0.25) is 0 Å². The van der Waals surface area contributed by atoms with Crippen molar-refractivity contribution in [2.24, 2.45) is 0 Å². The molecule has 2 aromatic heterocycles. The van der Waals surface area contributed by atoms with Gasteiger partial charge in [0.15, 0.2) is 5.13 Å². The Morgan fingerprint density at radius 1 is 1.27 bits per heavy atom. The molecule has 0 saturated heterocycles. The summed E-state index contributed by atoms with van der Waals surface area (Å²) in [6, 6.07) is 5.67. The summed E-state index contributed by atoms with van der Waals surface area (Å²) >= 11 is 1.28. The Labute approximate surface area is 149 Å². The Morgan fingerprint density at radius 2 is 2.00 bits per heavy atom. The van der Waals surface area contributed by atoms with Crippen LogP contribution in [-0.2, 0) is 11.3 Å². The van der Waals surface area contributed by atoms with Gasteiger partial charge in [0.25, 0.3) is 0 Å². The molecule has 0 bridgehead atoms. The van der Waals surface area contributed by atoms with Gasteiger partial charge in [0.1, 0.15) is 12.2 Å². The van der Waals surface area contributed by atoms with Gasteiger partial charge in [-0.2, -0.15) is 4.68 Å². The summed E-state index contributed by atoms with van der Waals surface area (Å²) in [4.78, 5) is 36.6. The molecule has 11 nitrogen and oxygen atoms in total. The molecule has 0 spiro atoms. The van der Waals surface area contributed by atoms with Crippen LogP contribution in [-0.4, -0.2) is 30.5 Å². The summed E-state index contributed by atoms with van der Waals surface area (Å²) in [5.74, 6) is -1.44. The Kier molecular flexibility index (Phi) is 4.34. The third-order valence-electron chi connectivity index (χ3n) is 3.60. The summed E-state index contributed by atoms with van der Waals surface area (Å²) in [7, 11) is 0. The van der Waals surface area contributed by atoms with E-state index in [9.17, 15) is 25.0 Å². The molecule has 0 fully saturated rings.